The van der Waals surface area contributed by atoms with Gasteiger partial charge in [-0.05, 0) is 12.1 Å². The molecule has 0 aromatic carbocycles. The first-order chi connectivity index (χ1) is 6.61. The van der Waals surface area contributed by atoms with Gasteiger partial charge in [0.05, 0.1) is 19.6 Å². The number of aromatic nitrogens is 4. The van der Waals surface area contributed by atoms with Crippen LogP contribution in [0, 0.1) is 0 Å². The van der Waals surface area contributed by atoms with E-state index in [4.69, 9.17) is 4.74 Å². The van der Waals surface area contributed by atoms with Crippen molar-refractivity contribution in [3.8, 4) is 0 Å². The molecule has 0 radical (unpaired) electrons. The minimum atomic E-state index is -0.0563. The largest absolute Gasteiger partial charge is 0.381 e. The van der Waals surface area contributed by atoms with Crippen molar-refractivity contribution in [1.82, 2.24) is 20.2 Å². The molecular weight excluding hydrogens is 184 g/mol. The minimum Gasteiger partial charge on any atom is -0.381 e. The Balaban J connectivity index is 2.41. The average Bonchev–Trinajstić information content (AvgIpc) is 2.50. The Bertz CT molecular complexity index is 310. The minimum absolute atomic E-state index is 0.0563. The molecule has 0 bridgehead atoms. The van der Waals surface area contributed by atoms with Crippen molar-refractivity contribution < 1.29 is 9.53 Å². The van der Waals surface area contributed by atoms with Gasteiger partial charge >= 0.3 is 0 Å². The summed E-state index contributed by atoms with van der Waals surface area (Å²) >= 11 is 0. The number of hydrogen-bond acceptors (Lipinski definition) is 5. The topological polar surface area (TPSA) is 69.9 Å². The summed E-state index contributed by atoms with van der Waals surface area (Å²) in [7, 11) is 3.25. The van der Waals surface area contributed by atoms with Crippen LogP contribution in [0.1, 0.15) is 19.2 Å². The van der Waals surface area contributed by atoms with Crippen molar-refractivity contribution in [3.05, 3.63) is 5.82 Å². The van der Waals surface area contributed by atoms with Gasteiger partial charge < -0.3 is 4.74 Å². The number of aryl methyl sites for hydroxylation is 1. The molecule has 1 heterocycles. The van der Waals surface area contributed by atoms with Gasteiger partial charge in [-0.25, -0.2) is 0 Å². The normalized spacial score (nSPS) is 12.8. The van der Waals surface area contributed by atoms with Crippen LogP contribution >= 0.6 is 0 Å². The van der Waals surface area contributed by atoms with E-state index in [1.165, 1.54) is 4.80 Å². The van der Waals surface area contributed by atoms with Crippen molar-refractivity contribution >= 4 is 5.78 Å². The Hall–Kier alpha value is -1.30. The highest BCUT2D eigenvalue weighted by Crippen LogP contribution is 2.00. The molecular formula is C8H14N4O2. The SMILES string of the molecule is COC(C)CC(=O)Cc1nnn(C)n1. The molecule has 0 aliphatic heterocycles. The smallest absolute Gasteiger partial charge is 0.182 e. The fraction of sp³-hybridized carbons (Fsp3) is 0.750. The van der Waals surface area contributed by atoms with Crippen molar-refractivity contribution in [2.24, 2.45) is 7.05 Å². The number of ether oxygens (including phenoxy) is 1. The van der Waals surface area contributed by atoms with Gasteiger partial charge in [-0.1, -0.05) is 0 Å². The number of carbonyl (C=O) groups excluding carboxylic acids is 1. The molecule has 1 aromatic rings. The van der Waals surface area contributed by atoms with Crippen LogP contribution in [0.25, 0.3) is 0 Å². The van der Waals surface area contributed by atoms with Gasteiger partial charge in [-0.2, -0.15) is 4.80 Å². The molecule has 1 aromatic heterocycles. The van der Waals surface area contributed by atoms with E-state index < -0.39 is 0 Å². The fourth-order valence-electron chi connectivity index (χ4n) is 1.05. The monoisotopic (exact) mass is 198 g/mol. The summed E-state index contributed by atoms with van der Waals surface area (Å²) in [5.74, 6) is 0.521. The van der Waals surface area contributed by atoms with Crippen LogP contribution in [0.15, 0.2) is 0 Å². The molecule has 0 saturated carbocycles. The molecule has 78 valence electrons. The van der Waals surface area contributed by atoms with Crippen LogP contribution in [0.4, 0.5) is 0 Å². The number of tetrazole rings is 1. The van der Waals surface area contributed by atoms with Crippen molar-refractivity contribution in [2.75, 3.05) is 7.11 Å². The number of ketones is 1. The highest BCUT2D eigenvalue weighted by atomic mass is 16.5. The fourth-order valence-corrected chi connectivity index (χ4v) is 1.05. The van der Waals surface area contributed by atoms with Crippen LogP contribution < -0.4 is 0 Å². The summed E-state index contributed by atoms with van der Waals surface area (Å²) in [5.41, 5.74) is 0. The van der Waals surface area contributed by atoms with E-state index in [2.05, 4.69) is 15.4 Å². The van der Waals surface area contributed by atoms with Gasteiger partial charge in [-0.15, -0.1) is 10.2 Å². The second-order valence-corrected chi connectivity index (χ2v) is 3.16. The molecule has 1 unspecified atom stereocenters. The number of rotatable bonds is 5. The summed E-state index contributed by atoms with van der Waals surface area (Å²) in [6.07, 6.45) is 0.551. The molecule has 0 aliphatic rings. The first-order valence-corrected chi connectivity index (χ1v) is 4.39. The third-order valence-corrected chi connectivity index (χ3v) is 1.82. The van der Waals surface area contributed by atoms with E-state index in [1.54, 1.807) is 14.2 Å². The van der Waals surface area contributed by atoms with Gasteiger partial charge in [0.1, 0.15) is 5.78 Å². The molecule has 0 fully saturated rings. The van der Waals surface area contributed by atoms with Gasteiger partial charge in [0, 0.05) is 13.5 Å². The van der Waals surface area contributed by atoms with E-state index in [9.17, 15) is 4.79 Å². The molecule has 0 aliphatic carbocycles. The number of Topliss-reactive ketones (excluding diaryl/α,β-unsaturated/α-hetero) is 1. The molecule has 6 heteroatoms. The second-order valence-electron chi connectivity index (χ2n) is 3.16. The maximum absolute atomic E-state index is 11.4. The zero-order chi connectivity index (χ0) is 10.6. The first kappa shape index (κ1) is 10.8. The van der Waals surface area contributed by atoms with Crippen molar-refractivity contribution in [3.63, 3.8) is 0 Å². The molecule has 14 heavy (non-hydrogen) atoms. The predicted molar refractivity (Wildman–Crippen MR) is 48.6 cm³/mol. The lowest BCUT2D eigenvalue weighted by molar-refractivity contribution is -0.120. The van der Waals surface area contributed by atoms with Gasteiger partial charge in [-0.3, -0.25) is 4.79 Å². The van der Waals surface area contributed by atoms with Gasteiger partial charge in [0.2, 0.25) is 0 Å². The molecule has 6 nitrogen and oxygen atoms in total. The second kappa shape index (κ2) is 4.80. The first-order valence-electron chi connectivity index (χ1n) is 4.39. The summed E-state index contributed by atoms with van der Waals surface area (Å²) in [4.78, 5) is 12.7. The number of carbonyl (C=O) groups is 1. The molecule has 1 atom stereocenters. The maximum atomic E-state index is 11.4. The van der Waals surface area contributed by atoms with E-state index in [1.807, 2.05) is 6.92 Å². The third kappa shape index (κ3) is 3.21. The highest BCUT2D eigenvalue weighted by molar-refractivity contribution is 5.80. The van der Waals surface area contributed by atoms with Crippen molar-refractivity contribution in [1.29, 1.82) is 0 Å². The summed E-state index contributed by atoms with van der Waals surface area (Å²) in [6.45, 7) is 1.85. The van der Waals surface area contributed by atoms with E-state index in [0.29, 0.717) is 12.2 Å². The predicted octanol–water partition coefficient (Wildman–Crippen LogP) is -0.253. The summed E-state index contributed by atoms with van der Waals surface area (Å²) in [6, 6.07) is 0. The molecule has 0 spiro atoms. The van der Waals surface area contributed by atoms with Crippen LogP contribution in [0.3, 0.4) is 0 Å². The molecule has 0 amide bonds. The molecule has 0 saturated heterocycles. The molecule has 1 rings (SSSR count). The van der Waals surface area contributed by atoms with E-state index >= 15 is 0 Å². The highest BCUT2D eigenvalue weighted by Gasteiger charge is 2.11. The van der Waals surface area contributed by atoms with Crippen molar-refractivity contribution in [2.45, 2.75) is 25.9 Å². The van der Waals surface area contributed by atoms with Crippen LogP contribution in [0.2, 0.25) is 0 Å². The van der Waals surface area contributed by atoms with Crippen LogP contribution in [-0.2, 0) is 23.0 Å². The zero-order valence-electron chi connectivity index (χ0n) is 8.60. The number of methoxy groups -OCH3 is 1. The zero-order valence-corrected chi connectivity index (χ0v) is 8.60. The Morgan fingerprint density at radius 3 is 2.86 bits per heavy atom. The summed E-state index contributed by atoms with van der Waals surface area (Å²) < 4.78 is 4.98. The Labute approximate surface area is 82.2 Å². The van der Waals surface area contributed by atoms with Crippen LogP contribution in [-0.4, -0.2) is 39.2 Å². The van der Waals surface area contributed by atoms with E-state index in [-0.39, 0.29) is 18.3 Å². The van der Waals surface area contributed by atoms with Crippen LogP contribution in [0.5, 0.6) is 0 Å². The maximum Gasteiger partial charge on any atom is 0.182 e. The average molecular weight is 198 g/mol. The number of nitrogens with zero attached hydrogens (tertiary/aromatic N) is 4. The Morgan fingerprint density at radius 2 is 2.36 bits per heavy atom. The molecule has 0 N–H and O–H groups in total. The standard InChI is InChI=1S/C8H14N4O2/c1-6(14-3)4-7(13)5-8-9-11-12(2)10-8/h6H,4-5H2,1-3H3. The lowest BCUT2D eigenvalue weighted by Crippen LogP contribution is -2.14. The van der Waals surface area contributed by atoms with Gasteiger partial charge in [0.25, 0.3) is 0 Å². The number of hydrogen-bond donors (Lipinski definition) is 0. The van der Waals surface area contributed by atoms with Gasteiger partial charge in [0.15, 0.2) is 5.82 Å². The summed E-state index contributed by atoms with van der Waals surface area (Å²) in [5, 5.41) is 11.3. The quantitative estimate of drug-likeness (QED) is 0.652. The Kier molecular flexibility index (Phi) is 3.70. The lowest BCUT2D eigenvalue weighted by atomic mass is 10.1. The third-order valence-electron chi connectivity index (χ3n) is 1.82. The van der Waals surface area contributed by atoms with E-state index in [0.717, 1.165) is 0 Å². The lowest BCUT2D eigenvalue weighted by Gasteiger charge is -2.06. The Morgan fingerprint density at radius 1 is 1.64 bits per heavy atom.